The first-order valence-electron chi connectivity index (χ1n) is 6.34. The van der Waals surface area contributed by atoms with Gasteiger partial charge in [0.05, 0.1) is 11.2 Å². The van der Waals surface area contributed by atoms with E-state index in [-0.39, 0.29) is 5.91 Å². The van der Waals surface area contributed by atoms with Crippen molar-refractivity contribution >= 4 is 17.2 Å². The molecule has 1 fully saturated rings. The van der Waals surface area contributed by atoms with Crippen molar-refractivity contribution in [2.24, 2.45) is 0 Å². The molecular weight excluding hydrogens is 262 g/mol. The predicted octanol–water partition coefficient (Wildman–Crippen LogP) is 2.46. The maximum atomic E-state index is 12.2. The van der Waals surface area contributed by atoms with Gasteiger partial charge in [-0.1, -0.05) is 0 Å². The Kier molecular flexibility index (Phi) is 3.33. The molecule has 100 valence electrons. The number of likely N-dealkylation sites (tertiary alicyclic amines) is 1. The summed E-state index contributed by atoms with van der Waals surface area (Å²) in [6.07, 6.45) is 6.76. The van der Waals surface area contributed by atoms with Crippen LogP contribution in [-0.4, -0.2) is 33.9 Å². The number of piperidine rings is 1. The van der Waals surface area contributed by atoms with Crippen LogP contribution in [-0.2, 0) is 0 Å². The first-order chi connectivity index (χ1) is 9.24. The van der Waals surface area contributed by atoms with E-state index in [1.807, 2.05) is 11.1 Å². The number of rotatable bonds is 2. The average molecular weight is 277 g/mol. The summed E-state index contributed by atoms with van der Waals surface area (Å²) in [4.78, 5) is 23.5. The summed E-state index contributed by atoms with van der Waals surface area (Å²) < 4.78 is 5.08. The maximum absolute atomic E-state index is 12.2. The van der Waals surface area contributed by atoms with E-state index in [0.29, 0.717) is 18.2 Å². The predicted molar refractivity (Wildman–Crippen MR) is 71.2 cm³/mol. The van der Waals surface area contributed by atoms with Crippen LogP contribution in [0.2, 0.25) is 0 Å². The highest BCUT2D eigenvalue weighted by Gasteiger charge is 2.28. The zero-order valence-corrected chi connectivity index (χ0v) is 11.5. The number of aromatic nitrogens is 2. The van der Waals surface area contributed by atoms with Gasteiger partial charge in [0, 0.05) is 30.1 Å². The molecule has 0 bridgehead atoms. The van der Waals surface area contributed by atoms with E-state index in [1.165, 1.54) is 17.5 Å². The summed E-state index contributed by atoms with van der Waals surface area (Å²) in [6, 6.07) is 0. The van der Waals surface area contributed by atoms with Gasteiger partial charge in [0.25, 0.3) is 5.91 Å². The SMILES string of the molecule is Cc1cnc([C@H]2CCCN(C(=O)c3cnco3)C2)s1. The molecule has 2 aromatic heterocycles. The minimum Gasteiger partial charge on any atom is -0.438 e. The minimum absolute atomic E-state index is 0.0736. The molecule has 0 N–H and O–H groups in total. The van der Waals surface area contributed by atoms with Gasteiger partial charge < -0.3 is 9.32 Å². The van der Waals surface area contributed by atoms with Gasteiger partial charge in [-0.05, 0) is 19.8 Å². The van der Waals surface area contributed by atoms with E-state index >= 15 is 0 Å². The highest BCUT2D eigenvalue weighted by Crippen LogP contribution is 2.30. The molecule has 1 saturated heterocycles. The quantitative estimate of drug-likeness (QED) is 0.846. The van der Waals surface area contributed by atoms with E-state index < -0.39 is 0 Å². The highest BCUT2D eigenvalue weighted by molar-refractivity contribution is 7.11. The van der Waals surface area contributed by atoms with Gasteiger partial charge >= 0.3 is 0 Å². The number of hydrogen-bond acceptors (Lipinski definition) is 5. The monoisotopic (exact) mass is 277 g/mol. The molecule has 0 saturated carbocycles. The Morgan fingerprint density at radius 2 is 2.42 bits per heavy atom. The second-order valence-corrected chi connectivity index (χ2v) is 6.03. The average Bonchev–Trinajstić information content (AvgIpc) is 3.09. The third-order valence-corrected chi connectivity index (χ3v) is 4.42. The van der Waals surface area contributed by atoms with E-state index in [0.717, 1.165) is 24.4 Å². The highest BCUT2D eigenvalue weighted by atomic mass is 32.1. The number of carbonyl (C=O) groups excluding carboxylic acids is 1. The van der Waals surface area contributed by atoms with Gasteiger partial charge in [-0.15, -0.1) is 11.3 Å². The molecule has 2 aromatic rings. The van der Waals surface area contributed by atoms with Crippen LogP contribution >= 0.6 is 11.3 Å². The molecule has 19 heavy (non-hydrogen) atoms. The van der Waals surface area contributed by atoms with Crippen molar-refractivity contribution in [3.63, 3.8) is 0 Å². The molecule has 3 heterocycles. The normalized spacial score (nSPS) is 19.6. The topological polar surface area (TPSA) is 59.2 Å². The Morgan fingerprint density at radius 1 is 1.53 bits per heavy atom. The first kappa shape index (κ1) is 12.3. The van der Waals surface area contributed by atoms with E-state index in [4.69, 9.17) is 4.42 Å². The number of oxazole rings is 1. The fourth-order valence-corrected chi connectivity index (χ4v) is 3.30. The van der Waals surface area contributed by atoms with E-state index in [1.54, 1.807) is 11.3 Å². The largest absolute Gasteiger partial charge is 0.438 e. The third kappa shape index (κ3) is 2.53. The molecular formula is C13H15N3O2S. The van der Waals surface area contributed by atoms with Crippen LogP contribution in [0.1, 0.15) is 39.2 Å². The van der Waals surface area contributed by atoms with Crippen molar-refractivity contribution in [2.75, 3.05) is 13.1 Å². The van der Waals surface area contributed by atoms with Crippen molar-refractivity contribution < 1.29 is 9.21 Å². The number of aryl methyl sites for hydroxylation is 1. The molecule has 0 aliphatic carbocycles. The Hall–Kier alpha value is -1.69. The third-order valence-electron chi connectivity index (χ3n) is 3.34. The minimum atomic E-state index is -0.0736. The van der Waals surface area contributed by atoms with Gasteiger partial charge in [-0.25, -0.2) is 9.97 Å². The summed E-state index contributed by atoms with van der Waals surface area (Å²) in [6.45, 7) is 3.55. The van der Waals surface area contributed by atoms with Crippen molar-refractivity contribution in [1.29, 1.82) is 0 Å². The van der Waals surface area contributed by atoms with Crippen LogP contribution in [0.25, 0.3) is 0 Å². The van der Waals surface area contributed by atoms with Gasteiger partial charge in [-0.3, -0.25) is 4.79 Å². The molecule has 1 amide bonds. The first-order valence-corrected chi connectivity index (χ1v) is 7.16. The molecule has 6 heteroatoms. The Balaban J connectivity index is 1.73. The summed E-state index contributed by atoms with van der Waals surface area (Å²) in [5, 5.41) is 1.13. The van der Waals surface area contributed by atoms with Crippen molar-refractivity contribution in [3.05, 3.63) is 34.4 Å². The van der Waals surface area contributed by atoms with E-state index in [2.05, 4.69) is 16.9 Å². The zero-order chi connectivity index (χ0) is 13.2. The molecule has 0 spiro atoms. The van der Waals surface area contributed by atoms with Crippen LogP contribution in [0.5, 0.6) is 0 Å². The van der Waals surface area contributed by atoms with Crippen LogP contribution in [0, 0.1) is 6.92 Å². The molecule has 3 rings (SSSR count). The fourth-order valence-electron chi connectivity index (χ4n) is 2.40. The van der Waals surface area contributed by atoms with Crippen molar-refractivity contribution in [2.45, 2.75) is 25.7 Å². The van der Waals surface area contributed by atoms with Gasteiger partial charge in [0.1, 0.15) is 0 Å². The Labute approximate surface area is 115 Å². The number of thiazole rings is 1. The number of nitrogens with zero attached hydrogens (tertiary/aromatic N) is 3. The molecule has 1 aliphatic heterocycles. The number of hydrogen-bond donors (Lipinski definition) is 0. The fraction of sp³-hybridized carbons (Fsp3) is 0.462. The van der Waals surface area contributed by atoms with Gasteiger partial charge in [-0.2, -0.15) is 0 Å². The lowest BCUT2D eigenvalue weighted by Crippen LogP contribution is -2.38. The number of amides is 1. The summed E-state index contributed by atoms with van der Waals surface area (Å²) in [5.41, 5.74) is 0. The zero-order valence-electron chi connectivity index (χ0n) is 10.7. The summed E-state index contributed by atoms with van der Waals surface area (Å²) >= 11 is 1.72. The molecule has 1 atom stereocenters. The lowest BCUT2D eigenvalue weighted by Gasteiger charge is -2.31. The van der Waals surface area contributed by atoms with Crippen LogP contribution < -0.4 is 0 Å². The Morgan fingerprint density at radius 3 is 3.11 bits per heavy atom. The number of carbonyl (C=O) groups is 1. The lowest BCUT2D eigenvalue weighted by molar-refractivity contribution is 0.0675. The van der Waals surface area contributed by atoms with E-state index in [9.17, 15) is 4.79 Å². The van der Waals surface area contributed by atoms with Gasteiger partial charge in [0.2, 0.25) is 5.76 Å². The molecule has 0 unspecified atom stereocenters. The standard InChI is InChI=1S/C13H15N3O2S/c1-9-5-15-12(19-9)10-3-2-4-16(7-10)13(17)11-6-14-8-18-11/h5-6,8,10H,2-4,7H2,1H3/t10-/m0/s1. The van der Waals surface area contributed by atoms with Crippen molar-refractivity contribution in [3.8, 4) is 0 Å². The maximum Gasteiger partial charge on any atom is 0.291 e. The smallest absolute Gasteiger partial charge is 0.291 e. The van der Waals surface area contributed by atoms with Crippen LogP contribution in [0.4, 0.5) is 0 Å². The second-order valence-electron chi connectivity index (χ2n) is 4.77. The summed E-state index contributed by atoms with van der Waals surface area (Å²) in [5.74, 6) is 0.589. The molecule has 1 aliphatic rings. The second kappa shape index (κ2) is 5.13. The molecule has 0 aromatic carbocycles. The van der Waals surface area contributed by atoms with Crippen LogP contribution in [0.3, 0.4) is 0 Å². The lowest BCUT2D eigenvalue weighted by atomic mass is 9.98. The summed E-state index contributed by atoms with van der Waals surface area (Å²) in [7, 11) is 0. The molecule has 0 radical (unpaired) electrons. The van der Waals surface area contributed by atoms with Crippen LogP contribution in [0.15, 0.2) is 23.2 Å². The Bertz CT molecular complexity index is 564. The van der Waals surface area contributed by atoms with Crippen molar-refractivity contribution in [1.82, 2.24) is 14.9 Å². The van der Waals surface area contributed by atoms with Gasteiger partial charge in [0.15, 0.2) is 6.39 Å². The molecule has 5 nitrogen and oxygen atoms in total.